The summed E-state index contributed by atoms with van der Waals surface area (Å²) in [6, 6.07) is 0. The van der Waals surface area contributed by atoms with Crippen LogP contribution in [0.3, 0.4) is 0 Å². The van der Waals surface area contributed by atoms with Gasteiger partial charge >= 0.3 is 0 Å². The zero-order valence-corrected chi connectivity index (χ0v) is 7.46. The van der Waals surface area contributed by atoms with Crippen LogP contribution in [-0.2, 0) is 9.63 Å². The molecule has 69 valence electrons. The molecular weight excluding hydrogens is 194 g/mol. The van der Waals surface area contributed by atoms with E-state index in [1.165, 1.54) is 7.11 Å². The molecule has 0 aromatic carbocycles. The first-order chi connectivity index (χ1) is 6.15. The number of aromatic nitrogens is 2. The van der Waals surface area contributed by atoms with Gasteiger partial charge in [0.2, 0.25) is 11.5 Å². The van der Waals surface area contributed by atoms with Crippen LogP contribution in [0.25, 0.3) is 0 Å². The number of anilines is 1. The van der Waals surface area contributed by atoms with E-state index in [1.807, 2.05) is 0 Å². The van der Waals surface area contributed by atoms with Crippen LogP contribution in [0.1, 0.15) is 5.82 Å². The van der Waals surface area contributed by atoms with Crippen molar-refractivity contribution in [2.75, 3.05) is 12.8 Å². The third-order valence-electron chi connectivity index (χ3n) is 1.05. The summed E-state index contributed by atoms with van der Waals surface area (Å²) in [5.74, 6) is -0.996. The highest BCUT2D eigenvalue weighted by atomic mass is 32.1. The molecule has 7 nitrogen and oxygen atoms in total. The molecule has 1 heterocycles. The molecule has 8 heteroatoms. The van der Waals surface area contributed by atoms with Gasteiger partial charge in [-0.3, -0.25) is 10.5 Å². The summed E-state index contributed by atoms with van der Waals surface area (Å²) in [4.78, 5) is 18.7. The number of nitrogen functional groups attached to an aromatic ring is 1. The average molecular weight is 200 g/mol. The Hall–Kier alpha value is -1.70. The van der Waals surface area contributed by atoms with Gasteiger partial charge in [0.15, 0.2) is 5.13 Å². The minimum Gasteiger partial charge on any atom is -0.398 e. The molecule has 0 aliphatic carbocycles. The van der Waals surface area contributed by atoms with E-state index >= 15 is 0 Å². The van der Waals surface area contributed by atoms with Crippen LogP contribution in [0.5, 0.6) is 0 Å². The van der Waals surface area contributed by atoms with Crippen LogP contribution >= 0.6 is 11.5 Å². The maximum atomic E-state index is 10.7. The van der Waals surface area contributed by atoms with Crippen LogP contribution in [0.2, 0.25) is 0 Å². The molecule has 0 atom stereocenters. The summed E-state index contributed by atoms with van der Waals surface area (Å²) in [7, 11) is 1.26. The van der Waals surface area contributed by atoms with Crippen molar-refractivity contribution in [1.29, 1.82) is 0 Å². The normalized spacial score (nSPS) is 11.3. The summed E-state index contributed by atoms with van der Waals surface area (Å²) >= 11 is 0.921. The number of oxime groups is 1. The standard InChI is InChI=1S/C5H6N5O2S/c1-12-9-2(3(6)11)4-8-5(7)13-10-4/h6H,1H3,(H2,7,8,10). The first-order valence-electron chi connectivity index (χ1n) is 3.11. The fraction of sp³-hybridized carbons (Fsp3) is 0.200. The summed E-state index contributed by atoms with van der Waals surface area (Å²) < 4.78 is 3.71. The van der Waals surface area contributed by atoms with Crippen LogP contribution < -0.4 is 11.5 Å². The molecule has 0 unspecified atom stereocenters. The van der Waals surface area contributed by atoms with Crippen molar-refractivity contribution in [1.82, 2.24) is 15.1 Å². The van der Waals surface area contributed by atoms with Gasteiger partial charge in [-0.05, 0) is 0 Å². The van der Waals surface area contributed by atoms with Crippen molar-refractivity contribution in [3.05, 3.63) is 5.82 Å². The second kappa shape index (κ2) is 3.81. The second-order valence-corrected chi connectivity index (χ2v) is 2.69. The predicted molar refractivity (Wildman–Crippen MR) is 46.0 cm³/mol. The monoisotopic (exact) mass is 200 g/mol. The lowest BCUT2D eigenvalue weighted by Crippen LogP contribution is -2.18. The van der Waals surface area contributed by atoms with Gasteiger partial charge in [-0.25, -0.2) is 0 Å². The highest BCUT2D eigenvalue weighted by Crippen LogP contribution is 2.06. The van der Waals surface area contributed by atoms with Gasteiger partial charge in [-0.15, -0.1) is 0 Å². The van der Waals surface area contributed by atoms with Crippen molar-refractivity contribution in [3.8, 4) is 0 Å². The molecule has 1 radical (unpaired) electrons. The third kappa shape index (κ3) is 2.12. The van der Waals surface area contributed by atoms with E-state index in [1.54, 1.807) is 0 Å². The Balaban J connectivity index is 3.02. The molecule has 0 fully saturated rings. The minimum atomic E-state index is -1.01. The highest BCUT2D eigenvalue weighted by molar-refractivity contribution is 7.09. The number of carbonyl (C=O) groups is 1. The highest BCUT2D eigenvalue weighted by Gasteiger charge is 2.17. The predicted octanol–water partition coefficient (Wildman–Crippen LogP) is -0.720. The molecule has 0 aliphatic rings. The van der Waals surface area contributed by atoms with E-state index in [0.717, 1.165) is 11.5 Å². The fourth-order valence-corrected chi connectivity index (χ4v) is 1.04. The largest absolute Gasteiger partial charge is 0.398 e. The fourth-order valence-electron chi connectivity index (χ4n) is 0.606. The van der Waals surface area contributed by atoms with Crippen molar-refractivity contribution >= 4 is 28.3 Å². The molecule has 1 amide bonds. The Morgan fingerprint density at radius 2 is 2.46 bits per heavy atom. The molecule has 0 saturated heterocycles. The number of nitrogens with zero attached hydrogens (tertiary/aromatic N) is 3. The number of carbonyl (C=O) groups excluding carboxylic acids is 1. The lowest BCUT2D eigenvalue weighted by atomic mass is 10.3. The molecule has 0 aliphatic heterocycles. The van der Waals surface area contributed by atoms with Crippen molar-refractivity contribution in [2.24, 2.45) is 5.16 Å². The molecule has 1 rings (SSSR count). The Labute approximate surface area is 77.6 Å². The van der Waals surface area contributed by atoms with Gasteiger partial charge in [0.25, 0.3) is 5.91 Å². The maximum Gasteiger partial charge on any atom is 0.295 e. The number of nitrogens with two attached hydrogens (primary N) is 1. The first kappa shape index (κ1) is 9.39. The van der Waals surface area contributed by atoms with E-state index < -0.39 is 5.91 Å². The molecule has 0 bridgehead atoms. The van der Waals surface area contributed by atoms with Crippen LogP contribution in [-0.4, -0.2) is 28.1 Å². The van der Waals surface area contributed by atoms with E-state index in [9.17, 15) is 4.79 Å². The Morgan fingerprint density at radius 3 is 2.85 bits per heavy atom. The Morgan fingerprint density at radius 1 is 1.77 bits per heavy atom. The minimum absolute atomic E-state index is 0.0179. The van der Waals surface area contributed by atoms with Gasteiger partial charge in [0.05, 0.1) is 0 Å². The van der Waals surface area contributed by atoms with Crippen molar-refractivity contribution in [2.45, 2.75) is 0 Å². The summed E-state index contributed by atoms with van der Waals surface area (Å²) in [6.07, 6.45) is 0. The van der Waals surface area contributed by atoms with E-state index in [0.29, 0.717) is 0 Å². The third-order valence-corrected chi connectivity index (χ3v) is 1.59. The lowest BCUT2D eigenvalue weighted by molar-refractivity contribution is -0.112. The van der Waals surface area contributed by atoms with E-state index in [4.69, 9.17) is 11.5 Å². The Kier molecular flexibility index (Phi) is 2.75. The zero-order valence-electron chi connectivity index (χ0n) is 6.64. The van der Waals surface area contributed by atoms with Gasteiger partial charge in [-0.2, -0.15) is 9.36 Å². The van der Waals surface area contributed by atoms with Crippen LogP contribution in [0.4, 0.5) is 5.13 Å². The number of nitrogens with one attached hydrogen (secondary N) is 1. The van der Waals surface area contributed by atoms with E-state index in [2.05, 4.69) is 19.4 Å². The first-order valence-corrected chi connectivity index (χ1v) is 3.89. The smallest absolute Gasteiger partial charge is 0.295 e. The molecule has 1 aromatic rings. The number of hydrogen-bond donors (Lipinski definition) is 1. The number of amides is 1. The van der Waals surface area contributed by atoms with Gasteiger partial charge < -0.3 is 10.6 Å². The quantitative estimate of drug-likeness (QED) is 0.510. The van der Waals surface area contributed by atoms with Crippen molar-refractivity contribution < 1.29 is 9.63 Å². The summed E-state index contributed by atoms with van der Waals surface area (Å²) in [6.45, 7) is 0. The maximum absolute atomic E-state index is 10.7. The van der Waals surface area contributed by atoms with Gasteiger partial charge in [-0.1, -0.05) is 5.16 Å². The summed E-state index contributed by atoms with van der Waals surface area (Å²) in [5.41, 5.74) is 11.9. The van der Waals surface area contributed by atoms with Gasteiger partial charge in [0, 0.05) is 11.5 Å². The molecule has 3 N–H and O–H groups in total. The topological polar surface area (TPSA) is 114 Å². The van der Waals surface area contributed by atoms with E-state index in [-0.39, 0.29) is 16.7 Å². The Bertz CT molecular complexity index is 346. The second-order valence-electron chi connectivity index (χ2n) is 1.91. The molecule has 13 heavy (non-hydrogen) atoms. The average Bonchev–Trinajstić information content (AvgIpc) is 2.46. The number of rotatable bonds is 3. The van der Waals surface area contributed by atoms with Crippen molar-refractivity contribution in [3.63, 3.8) is 0 Å². The molecule has 0 saturated carbocycles. The lowest BCUT2D eigenvalue weighted by Gasteiger charge is -1.93. The SMILES string of the molecule is CON=C(C([NH])=O)c1nsc(N)n1. The summed E-state index contributed by atoms with van der Waals surface area (Å²) in [5, 5.41) is 3.52. The molecule has 1 aromatic heterocycles. The van der Waals surface area contributed by atoms with Crippen LogP contribution in [0, 0.1) is 0 Å². The number of hydrogen-bond acceptors (Lipinski definition) is 7. The van der Waals surface area contributed by atoms with Gasteiger partial charge in [0.1, 0.15) is 7.11 Å². The molecule has 0 spiro atoms. The molecular formula is C5H6N5O2S. The van der Waals surface area contributed by atoms with Crippen LogP contribution in [0.15, 0.2) is 5.16 Å². The zero-order chi connectivity index (χ0) is 9.84.